The van der Waals surface area contributed by atoms with Crippen molar-refractivity contribution in [2.24, 2.45) is 0 Å². The predicted octanol–water partition coefficient (Wildman–Crippen LogP) is -4.53. The third-order valence-corrected chi connectivity index (χ3v) is 3.58. The number of carboxylic acids is 3. The zero-order chi connectivity index (χ0) is 17.8. The molecular weight excluding hydrogens is 366 g/mol. The average molecular weight is 390 g/mol. The third kappa shape index (κ3) is 22.3. The molecule has 0 rings (SSSR count). The Balaban J connectivity index is -0.0000000674. The Morgan fingerprint density at radius 1 is 0.917 bits per heavy atom. The molecule has 1 atom stereocenters. The Labute approximate surface area is 188 Å². The van der Waals surface area contributed by atoms with Crippen molar-refractivity contribution in [1.82, 2.24) is 0 Å². The normalized spacial score (nSPS) is 10.9. The molecule has 0 aliphatic heterocycles. The molecule has 0 saturated carbocycles. The number of rotatable bonds is 10. The Hall–Kier alpha value is 0.320. The van der Waals surface area contributed by atoms with Crippen LogP contribution in [-0.4, -0.2) is 51.4 Å². The van der Waals surface area contributed by atoms with Gasteiger partial charge in [0, 0.05) is 6.42 Å². The molecule has 0 aromatic heterocycles. The van der Waals surface area contributed by atoms with Crippen molar-refractivity contribution in [3.8, 4) is 0 Å². The zero-order valence-corrected chi connectivity index (χ0v) is 19.1. The van der Waals surface area contributed by atoms with Crippen LogP contribution < -0.4 is 59.1 Å². The number of hydrogen-bond donors (Lipinski definition) is 4. The van der Waals surface area contributed by atoms with Gasteiger partial charge in [-0.25, -0.2) is 0 Å². The summed E-state index contributed by atoms with van der Waals surface area (Å²) in [4.78, 5) is 30.0. The summed E-state index contributed by atoms with van der Waals surface area (Å²) in [6, 6.07) is 0. The molecule has 0 saturated heterocycles. The van der Waals surface area contributed by atoms with Gasteiger partial charge in [0.15, 0.2) is 5.25 Å². The first kappa shape index (κ1) is 32.0. The molecule has 0 aliphatic rings. The van der Waals surface area contributed by atoms with Gasteiger partial charge in [0.25, 0.3) is 10.1 Å². The van der Waals surface area contributed by atoms with Gasteiger partial charge in [-0.3, -0.25) is 18.9 Å². The fraction of sp³-hybridized carbons (Fsp3) is 0.750. The van der Waals surface area contributed by atoms with Crippen molar-refractivity contribution in [2.45, 2.75) is 57.1 Å². The molecule has 0 amide bonds. The van der Waals surface area contributed by atoms with Crippen LogP contribution in [0.1, 0.15) is 54.7 Å². The molecule has 9 nitrogen and oxygen atoms in total. The monoisotopic (exact) mass is 390 g/mol. The fourth-order valence-electron chi connectivity index (χ4n) is 1.36. The van der Waals surface area contributed by atoms with Gasteiger partial charge >= 0.3 is 77.0 Å². The molecule has 0 aromatic rings. The molecule has 4 N–H and O–H groups in total. The molecule has 0 aliphatic carbocycles. The van der Waals surface area contributed by atoms with E-state index in [-0.39, 0.29) is 62.0 Å². The van der Waals surface area contributed by atoms with Crippen molar-refractivity contribution in [3.05, 3.63) is 0 Å². The quantitative estimate of drug-likeness (QED) is 0.163. The first-order chi connectivity index (χ1) is 10.0. The van der Waals surface area contributed by atoms with Crippen molar-refractivity contribution >= 4 is 28.0 Å². The summed E-state index contributed by atoms with van der Waals surface area (Å²) in [7, 11) is -4.84. The second-order valence-electron chi connectivity index (χ2n) is 4.50. The predicted molar refractivity (Wildman–Crippen MR) is 78.5 cm³/mol. The Bertz CT molecular complexity index is 475. The van der Waals surface area contributed by atoms with Gasteiger partial charge in [-0.1, -0.05) is 32.6 Å². The zero-order valence-electron chi connectivity index (χ0n) is 16.3. The van der Waals surface area contributed by atoms with Crippen LogP contribution in [0.2, 0.25) is 0 Å². The van der Waals surface area contributed by atoms with E-state index in [9.17, 15) is 22.8 Å². The molecule has 12 heteroatoms. The minimum atomic E-state index is -4.84. The molecule has 1 unspecified atom stereocenters. The fourth-order valence-corrected chi connectivity index (χ4v) is 1.97. The van der Waals surface area contributed by atoms with Crippen molar-refractivity contribution in [1.29, 1.82) is 0 Å². The van der Waals surface area contributed by atoms with Gasteiger partial charge in [0.05, 0.1) is 6.42 Å². The van der Waals surface area contributed by atoms with E-state index in [2.05, 4.69) is 6.92 Å². The van der Waals surface area contributed by atoms with Crippen molar-refractivity contribution in [3.63, 3.8) is 0 Å². The Morgan fingerprint density at radius 3 is 1.62 bits per heavy atom. The molecule has 0 heterocycles. The SMILES string of the molecule is CCCCCCCC(=O)O.O=C(O)CC(C(=O)O)S(=O)(=O)O.[H-].[H-].[Na+].[Na+]. The van der Waals surface area contributed by atoms with E-state index >= 15 is 0 Å². The smallest absolute Gasteiger partial charge is 1.00 e. The van der Waals surface area contributed by atoms with Gasteiger partial charge in [-0.05, 0) is 6.42 Å². The molecule has 0 radical (unpaired) electrons. The Kier molecular flexibility index (Phi) is 24.2. The third-order valence-electron chi connectivity index (χ3n) is 2.49. The maximum Gasteiger partial charge on any atom is 1.00 e. The van der Waals surface area contributed by atoms with Gasteiger partial charge in [-0.15, -0.1) is 0 Å². The van der Waals surface area contributed by atoms with E-state index in [0.29, 0.717) is 6.42 Å². The topological polar surface area (TPSA) is 166 Å². The first-order valence-corrected chi connectivity index (χ1v) is 8.15. The minimum Gasteiger partial charge on any atom is -1.00 e. The summed E-state index contributed by atoms with van der Waals surface area (Å²) < 4.78 is 28.7. The van der Waals surface area contributed by atoms with Crippen LogP contribution >= 0.6 is 0 Å². The maximum atomic E-state index is 10.2. The molecule has 0 fully saturated rings. The number of aliphatic carboxylic acids is 3. The summed E-state index contributed by atoms with van der Waals surface area (Å²) >= 11 is 0. The number of hydrogen-bond acceptors (Lipinski definition) is 5. The van der Waals surface area contributed by atoms with Crippen LogP contribution in [0, 0.1) is 0 Å². The summed E-state index contributed by atoms with van der Waals surface area (Å²) in [6.45, 7) is 2.15. The van der Waals surface area contributed by atoms with E-state index in [4.69, 9.17) is 19.9 Å². The standard InChI is InChI=1S/C8H16O2.C4H6O7S.2Na.2H/c1-2-3-4-5-6-7-8(9)10;5-3(6)1-2(4(7)8)12(9,10)11;;;;/h2-7H2,1H3,(H,9,10);2H,1H2,(H,5,6)(H,7,8)(H,9,10,11);;;;/q;;2*+1;2*-1. The van der Waals surface area contributed by atoms with E-state index in [1.54, 1.807) is 0 Å². The number of carboxylic acid groups (broad SMARTS) is 3. The van der Waals surface area contributed by atoms with E-state index in [0.717, 1.165) is 12.8 Å². The van der Waals surface area contributed by atoms with Crippen LogP contribution in [0.5, 0.6) is 0 Å². The van der Waals surface area contributed by atoms with E-state index in [1.807, 2.05) is 0 Å². The molecule has 134 valence electrons. The number of carbonyl (C=O) groups is 3. The van der Waals surface area contributed by atoms with Crippen LogP contribution in [-0.2, 0) is 24.5 Å². The van der Waals surface area contributed by atoms with E-state index < -0.39 is 39.7 Å². The van der Waals surface area contributed by atoms with Gasteiger partial charge < -0.3 is 18.2 Å². The first-order valence-electron chi connectivity index (χ1n) is 6.65. The average Bonchev–Trinajstić information content (AvgIpc) is 2.34. The second kappa shape index (κ2) is 18.1. The van der Waals surface area contributed by atoms with Crippen molar-refractivity contribution < 1.29 is 105 Å². The van der Waals surface area contributed by atoms with Crippen molar-refractivity contribution in [2.75, 3.05) is 0 Å². The molecule has 24 heavy (non-hydrogen) atoms. The van der Waals surface area contributed by atoms with Crippen LogP contribution in [0.4, 0.5) is 0 Å². The molecule has 0 aromatic carbocycles. The van der Waals surface area contributed by atoms with Crippen LogP contribution in [0.25, 0.3) is 0 Å². The number of unbranched alkanes of at least 4 members (excludes halogenated alkanes) is 4. The van der Waals surface area contributed by atoms with Gasteiger partial charge in [0.2, 0.25) is 0 Å². The van der Waals surface area contributed by atoms with Crippen LogP contribution in [0.3, 0.4) is 0 Å². The molecular formula is C12H24Na2O9S. The molecule has 0 spiro atoms. The maximum absolute atomic E-state index is 10.2. The molecule has 0 bridgehead atoms. The Morgan fingerprint density at radius 2 is 1.38 bits per heavy atom. The van der Waals surface area contributed by atoms with Gasteiger partial charge in [-0.2, -0.15) is 8.42 Å². The minimum absolute atomic E-state index is 0. The summed E-state index contributed by atoms with van der Waals surface area (Å²) in [5.74, 6) is -4.17. The van der Waals surface area contributed by atoms with Crippen LogP contribution in [0.15, 0.2) is 0 Å². The second-order valence-corrected chi connectivity index (χ2v) is 6.10. The van der Waals surface area contributed by atoms with E-state index in [1.165, 1.54) is 19.3 Å². The summed E-state index contributed by atoms with van der Waals surface area (Å²) in [6.07, 6.45) is 4.73. The summed E-state index contributed by atoms with van der Waals surface area (Å²) in [5, 5.41) is 22.2. The van der Waals surface area contributed by atoms with Gasteiger partial charge in [0.1, 0.15) is 0 Å². The largest absolute Gasteiger partial charge is 1.00 e. The summed E-state index contributed by atoms with van der Waals surface area (Å²) in [5.41, 5.74) is 0.